The van der Waals surface area contributed by atoms with Gasteiger partial charge in [-0.25, -0.2) is 0 Å². The summed E-state index contributed by atoms with van der Waals surface area (Å²) in [5.41, 5.74) is -4.11. The molecule has 0 aromatic heterocycles. The van der Waals surface area contributed by atoms with E-state index in [1.807, 2.05) is 0 Å². The van der Waals surface area contributed by atoms with Crippen LogP contribution in [0, 0.1) is 0 Å². The first kappa shape index (κ1) is 29.1. The molecule has 0 aromatic rings. The van der Waals surface area contributed by atoms with Crippen LogP contribution in [0.4, 0.5) is 0 Å². The zero-order valence-corrected chi connectivity index (χ0v) is 20.7. The molecule has 0 aromatic carbocycles. The molecule has 0 aliphatic rings. The fraction of sp³-hybridized carbons (Fsp3) is 1.00. The van der Waals surface area contributed by atoms with Gasteiger partial charge in [-0.3, -0.25) is 0 Å². The Morgan fingerprint density at radius 2 is 1.24 bits per heavy atom. The summed E-state index contributed by atoms with van der Waals surface area (Å²) >= 11 is -1.43. The molecule has 0 atom stereocenters. The molecule has 16 nitrogen and oxygen atoms in total. The summed E-state index contributed by atoms with van der Waals surface area (Å²) in [7, 11) is 0. The third kappa shape index (κ3) is 7.62. The number of hydroxylamine groups is 1. The molecule has 0 spiro atoms. The molecule has 0 bridgehead atoms. The molecule has 178 valence electrons. The number of hydrogen-bond acceptors (Lipinski definition) is 13. The molecule has 0 unspecified atom stereocenters. The first-order chi connectivity index (χ1) is 12.5. The minimum absolute atomic E-state index is 0.221. The fourth-order valence-corrected chi connectivity index (χ4v) is 3.70. The quantitative estimate of drug-likeness (QED) is 0.0285. The first-order valence-electron chi connectivity index (χ1n) is 8.61. The molecule has 0 fully saturated rings. The zero-order chi connectivity index (χ0) is 23.7. The van der Waals surface area contributed by atoms with Crippen LogP contribution in [-0.4, -0.2) is 41.2 Å². The Hall–Kier alpha value is 0.0900. The Balaban J connectivity index is 5.52. The van der Waals surface area contributed by atoms with Crippen molar-refractivity contribution < 1.29 is 52.1 Å². The van der Waals surface area contributed by atoms with Gasteiger partial charge in [0.25, 0.3) is 0 Å². The number of halogens is 1. The van der Waals surface area contributed by atoms with Crippen molar-refractivity contribution in [3.63, 3.8) is 0 Å². The van der Waals surface area contributed by atoms with Crippen LogP contribution in [0.15, 0.2) is 0 Å². The molecular formula is C12H41IN12O4+2. The average molecular weight is 544 g/mol. The van der Waals surface area contributed by atoms with Crippen LogP contribution in [0.1, 0.15) is 55.4 Å². The number of rotatable bonds is 12. The number of hydrazine groups is 2. The van der Waals surface area contributed by atoms with Crippen molar-refractivity contribution in [2.75, 3.05) is 0 Å². The van der Waals surface area contributed by atoms with Crippen molar-refractivity contribution in [3.8, 4) is 0 Å². The molecule has 29 heavy (non-hydrogen) atoms. The molecule has 16 N–H and O–H groups in total. The molecule has 17 heteroatoms. The summed E-state index contributed by atoms with van der Waals surface area (Å²) in [5.74, 6) is 47.4. The Morgan fingerprint density at radius 1 is 0.793 bits per heavy atom. The normalized spacial score (nSPS) is 15.7. The van der Waals surface area contributed by atoms with Gasteiger partial charge < -0.3 is 0 Å². The van der Waals surface area contributed by atoms with E-state index < -0.39 is 51.7 Å². The second kappa shape index (κ2) is 9.30. The van der Waals surface area contributed by atoms with E-state index in [0.29, 0.717) is 5.28 Å². The van der Waals surface area contributed by atoms with E-state index >= 15 is 0 Å². The van der Waals surface area contributed by atoms with E-state index in [1.54, 1.807) is 55.4 Å². The van der Waals surface area contributed by atoms with Gasteiger partial charge in [-0.2, -0.15) is 0 Å². The van der Waals surface area contributed by atoms with E-state index in [2.05, 4.69) is 0 Å². The summed E-state index contributed by atoms with van der Waals surface area (Å²) in [6, 6.07) is 0. The van der Waals surface area contributed by atoms with Crippen molar-refractivity contribution >= 4 is 0 Å². The van der Waals surface area contributed by atoms with Gasteiger partial charge in [0, 0.05) is 0 Å². The molecule has 0 heterocycles. The molecule has 0 aliphatic heterocycles. The third-order valence-electron chi connectivity index (χ3n) is 4.03. The van der Waals surface area contributed by atoms with Crippen LogP contribution in [0.2, 0.25) is 0 Å². The molecule has 0 aliphatic carbocycles. The molecule has 0 saturated carbocycles. The number of quaternary nitrogens is 3. The molecule has 0 radical (unpaired) electrons. The van der Waals surface area contributed by atoms with Crippen LogP contribution in [0.25, 0.3) is 0 Å². The van der Waals surface area contributed by atoms with Crippen LogP contribution in [-0.2, 0) is 17.6 Å². The van der Waals surface area contributed by atoms with E-state index in [1.165, 1.54) is 0 Å². The first-order valence-corrected chi connectivity index (χ1v) is 10.5. The van der Waals surface area contributed by atoms with Crippen molar-refractivity contribution in [1.82, 2.24) is 5.28 Å². The zero-order valence-electron chi connectivity index (χ0n) is 18.5. The van der Waals surface area contributed by atoms with Crippen LogP contribution < -0.4 is 68.6 Å². The van der Waals surface area contributed by atoms with Gasteiger partial charge in [-0.15, -0.1) is 0 Å². The minimum atomic E-state index is -1.44. The van der Waals surface area contributed by atoms with Gasteiger partial charge in [-0.1, -0.05) is 0 Å². The summed E-state index contributed by atoms with van der Waals surface area (Å²) < 4.78 is 4.16. The molecule has 0 saturated heterocycles. The number of nitrogens with two attached hydrogens (primary N) is 8. The van der Waals surface area contributed by atoms with Crippen LogP contribution >= 0.6 is 0 Å². The van der Waals surface area contributed by atoms with E-state index in [9.17, 15) is 0 Å². The summed E-state index contributed by atoms with van der Waals surface area (Å²) in [6.07, 6.45) is -0.221. The Morgan fingerprint density at radius 3 is 1.62 bits per heavy atom. The predicted molar refractivity (Wildman–Crippen MR) is 97.8 cm³/mol. The van der Waals surface area contributed by atoms with Crippen LogP contribution in [0.5, 0.6) is 0 Å². The van der Waals surface area contributed by atoms with Crippen molar-refractivity contribution in [1.29, 1.82) is 0 Å². The fourth-order valence-electron chi connectivity index (χ4n) is 2.05. The summed E-state index contributed by atoms with van der Waals surface area (Å²) in [5, 5.41) is 0.488. The molecular weight excluding hydrogens is 503 g/mol. The maximum atomic E-state index is 6.28. The van der Waals surface area contributed by atoms with Gasteiger partial charge in [0.1, 0.15) is 0 Å². The van der Waals surface area contributed by atoms with Gasteiger partial charge in [0.15, 0.2) is 0 Å². The van der Waals surface area contributed by atoms with Gasteiger partial charge in [-0.05, 0) is 0 Å². The second-order valence-corrected chi connectivity index (χ2v) is 10.6. The van der Waals surface area contributed by atoms with E-state index in [0.717, 1.165) is 0 Å². The maximum absolute atomic E-state index is 6.28. The SMILES string of the molecule is CC(C)O[N+](N)(N)[I-]OC(C)(C)[N+](N)(N)OC(C)(C)[N+](N)(N)C(C)(C)ON(N)N. The summed E-state index contributed by atoms with van der Waals surface area (Å²) in [4.78, 5) is 15.4. The summed E-state index contributed by atoms with van der Waals surface area (Å²) in [6.45, 7) is 13.0. The van der Waals surface area contributed by atoms with E-state index in [4.69, 9.17) is 64.3 Å². The van der Waals surface area contributed by atoms with Crippen LogP contribution in [0.3, 0.4) is 0 Å². The standard InChI is InChI=1S/C12H41IN12O4/c1-9(2)26-25(20,21)13-27-12(7,8)24(18,19)29-11(5,6)23(16,17)10(3,4)28-22(14)15/h9H,14-21H2,1-8H3/q+2. The molecule has 0 amide bonds. The monoisotopic (exact) mass is 544 g/mol. The predicted octanol–water partition coefficient (Wildman–Crippen LogP) is -5.92. The van der Waals surface area contributed by atoms with Crippen molar-refractivity contribution in [2.45, 2.75) is 78.7 Å². The average Bonchev–Trinajstić information content (AvgIpc) is 2.41. The second-order valence-electron chi connectivity index (χ2n) is 8.29. The Kier molecular flexibility index (Phi) is 9.33. The van der Waals surface area contributed by atoms with Gasteiger partial charge in [0.2, 0.25) is 0 Å². The van der Waals surface area contributed by atoms with Crippen molar-refractivity contribution in [3.05, 3.63) is 0 Å². The van der Waals surface area contributed by atoms with Gasteiger partial charge >= 0.3 is 183 Å². The number of hydrogen-bond donors (Lipinski definition) is 8. The topological polar surface area (TPSA) is 248 Å². The number of nitrogens with zero attached hydrogens (tertiary/aromatic N) is 4. The Bertz CT molecular complexity index is 541. The molecule has 0 rings (SSSR count). The van der Waals surface area contributed by atoms with Crippen molar-refractivity contribution in [2.24, 2.45) is 46.7 Å². The van der Waals surface area contributed by atoms with Gasteiger partial charge in [0.05, 0.1) is 0 Å². The van der Waals surface area contributed by atoms with E-state index in [-0.39, 0.29) is 6.10 Å². The Labute approximate surface area is 183 Å². The third-order valence-corrected chi connectivity index (χ3v) is 6.15.